The fourth-order valence-electron chi connectivity index (χ4n) is 7.28. The van der Waals surface area contributed by atoms with E-state index in [2.05, 4.69) is 20.0 Å². The Bertz CT molecular complexity index is 2160. The van der Waals surface area contributed by atoms with Gasteiger partial charge in [-0.25, -0.2) is 9.37 Å². The number of carbonyl (C=O) groups is 1. The third-order valence-corrected chi connectivity index (χ3v) is 10.4. The molecule has 1 saturated heterocycles. The number of aliphatic hydroxyl groups excluding tert-OH is 1. The first kappa shape index (κ1) is 34.7. The van der Waals surface area contributed by atoms with E-state index in [1.54, 1.807) is 28.6 Å². The van der Waals surface area contributed by atoms with Gasteiger partial charge in [0.25, 0.3) is 5.56 Å². The molecule has 0 spiro atoms. The van der Waals surface area contributed by atoms with Gasteiger partial charge in [-0.05, 0) is 82.4 Å². The Labute approximate surface area is 300 Å². The first-order valence-electron chi connectivity index (χ1n) is 17.4. The van der Waals surface area contributed by atoms with Gasteiger partial charge in [0, 0.05) is 64.9 Å². The molecule has 1 N–H and O–H groups in total. The molecule has 10 nitrogen and oxygen atoms in total. The minimum atomic E-state index is -0.641. The SMILES string of the molecule is CN1C(=O)CN=C(c2ccccc2)c2cc(Cl)ccc21.Cc1nc2n(c(=O)c1CCN1CCC(c3noc4cc(F)ccc34)CC1)CCC[C@H]2O. The third-order valence-electron chi connectivity index (χ3n) is 10.1. The Hall–Kier alpha value is -4.71. The molecular formula is C39H40ClFN6O4. The van der Waals surface area contributed by atoms with E-state index in [9.17, 15) is 19.1 Å². The summed E-state index contributed by atoms with van der Waals surface area (Å²) in [6.45, 7) is 5.27. The molecule has 0 bridgehead atoms. The summed E-state index contributed by atoms with van der Waals surface area (Å²) in [5.41, 5.74) is 6.41. The second-order valence-electron chi connectivity index (χ2n) is 13.4. The molecular weight excluding hydrogens is 671 g/mol. The number of rotatable bonds is 5. The lowest BCUT2D eigenvalue weighted by atomic mass is 9.91. The number of hydrogen-bond donors (Lipinski definition) is 1. The lowest BCUT2D eigenvalue weighted by molar-refractivity contribution is -0.116. The number of aliphatic imine (C=N–C) groups is 1. The number of likely N-dealkylation sites (tertiary alicyclic amines) is 1. The number of fused-ring (bicyclic) bond motifs is 3. The summed E-state index contributed by atoms with van der Waals surface area (Å²) < 4.78 is 20.4. The summed E-state index contributed by atoms with van der Waals surface area (Å²) in [4.78, 5) is 38.0. The van der Waals surface area contributed by atoms with E-state index in [-0.39, 0.29) is 23.8 Å². The Balaban J connectivity index is 0.000000175. The number of nitrogens with zero attached hydrogens (tertiary/aromatic N) is 6. The summed E-state index contributed by atoms with van der Waals surface area (Å²) in [5.74, 6) is 0.460. The van der Waals surface area contributed by atoms with E-state index in [4.69, 9.17) is 16.1 Å². The van der Waals surface area contributed by atoms with Crippen LogP contribution >= 0.6 is 11.6 Å². The van der Waals surface area contributed by atoms with E-state index in [1.807, 2.05) is 49.4 Å². The number of aliphatic hydroxyl groups is 1. The summed E-state index contributed by atoms with van der Waals surface area (Å²) in [7, 11) is 1.76. The molecule has 264 valence electrons. The maximum Gasteiger partial charge on any atom is 0.257 e. The number of aromatic nitrogens is 3. The summed E-state index contributed by atoms with van der Waals surface area (Å²) in [5, 5.41) is 15.9. The fourth-order valence-corrected chi connectivity index (χ4v) is 7.45. The number of hydrogen-bond acceptors (Lipinski definition) is 8. The van der Waals surface area contributed by atoms with Crippen LogP contribution in [0.3, 0.4) is 0 Å². The van der Waals surface area contributed by atoms with Crippen molar-refractivity contribution < 1.29 is 18.8 Å². The average molecular weight is 711 g/mol. The van der Waals surface area contributed by atoms with Crippen LogP contribution in [0.2, 0.25) is 5.02 Å². The van der Waals surface area contributed by atoms with Crippen LogP contribution in [0.25, 0.3) is 11.0 Å². The maximum absolute atomic E-state index is 13.4. The number of aryl methyl sites for hydroxylation is 1. The monoisotopic (exact) mass is 710 g/mol. The molecule has 1 amide bonds. The van der Waals surface area contributed by atoms with Crippen molar-refractivity contribution >= 4 is 39.9 Å². The lowest BCUT2D eigenvalue weighted by Crippen LogP contribution is -2.37. The normalized spacial score (nSPS) is 18.1. The van der Waals surface area contributed by atoms with Crippen molar-refractivity contribution in [2.45, 2.75) is 57.6 Å². The van der Waals surface area contributed by atoms with Gasteiger partial charge in [-0.1, -0.05) is 47.1 Å². The molecule has 0 saturated carbocycles. The first-order valence-corrected chi connectivity index (χ1v) is 17.8. The summed E-state index contributed by atoms with van der Waals surface area (Å²) in [6.07, 6.45) is 3.38. The second kappa shape index (κ2) is 14.9. The summed E-state index contributed by atoms with van der Waals surface area (Å²) >= 11 is 6.11. The highest BCUT2D eigenvalue weighted by Crippen LogP contribution is 2.33. The van der Waals surface area contributed by atoms with Crippen LogP contribution in [0.5, 0.6) is 0 Å². The van der Waals surface area contributed by atoms with Crippen LogP contribution in [0, 0.1) is 12.7 Å². The number of piperidine rings is 1. The predicted molar refractivity (Wildman–Crippen MR) is 195 cm³/mol. The van der Waals surface area contributed by atoms with Gasteiger partial charge in [0.1, 0.15) is 24.3 Å². The Morgan fingerprint density at radius 2 is 1.78 bits per heavy atom. The fraction of sp³-hybridized carbons (Fsp3) is 0.359. The molecule has 8 rings (SSSR count). The molecule has 0 aliphatic carbocycles. The molecule has 3 aliphatic heterocycles. The van der Waals surface area contributed by atoms with E-state index >= 15 is 0 Å². The number of amides is 1. The first-order chi connectivity index (χ1) is 24.7. The minimum absolute atomic E-state index is 0.00237. The van der Waals surface area contributed by atoms with Crippen molar-refractivity contribution in [2.24, 2.45) is 4.99 Å². The van der Waals surface area contributed by atoms with Gasteiger partial charge < -0.3 is 19.4 Å². The van der Waals surface area contributed by atoms with Gasteiger partial charge in [-0.2, -0.15) is 0 Å². The Kier molecular flexibility index (Phi) is 10.1. The summed E-state index contributed by atoms with van der Waals surface area (Å²) in [6, 6.07) is 19.9. The van der Waals surface area contributed by atoms with Crippen molar-refractivity contribution in [3.8, 4) is 0 Å². The smallest absolute Gasteiger partial charge is 0.257 e. The highest BCUT2D eigenvalue weighted by atomic mass is 35.5. The molecule has 0 radical (unpaired) electrons. The number of benzodiazepines with no additional fused rings is 1. The van der Waals surface area contributed by atoms with E-state index in [1.165, 1.54) is 12.1 Å². The van der Waals surface area contributed by atoms with Gasteiger partial charge >= 0.3 is 0 Å². The van der Waals surface area contributed by atoms with Crippen LogP contribution in [0.15, 0.2) is 81.0 Å². The largest absolute Gasteiger partial charge is 0.385 e. The van der Waals surface area contributed by atoms with E-state index in [0.29, 0.717) is 41.7 Å². The lowest BCUT2D eigenvalue weighted by Gasteiger charge is -2.31. The molecule has 12 heteroatoms. The molecule has 2 aromatic heterocycles. The van der Waals surface area contributed by atoms with Crippen molar-refractivity contribution in [2.75, 3.05) is 38.1 Å². The number of halogens is 2. The third kappa shape index (κ3) is 7.24. The number of anilines is 1. The highest BCUT2D eigenvalue weighted by molar-refractivity contribution is 6.32. The molecule has 5 aromatic rings. The topological polar surface area (TPSA) is 117 Å². The predicted octanol–water partition coefficient (Wildman–Crippen LogP) is 6.24. The molecule has 51 heavy (non-hydrogen) atoms. The number of benzene rings is 3. The molecule has 0 unspecified atom stereocenters. The standard InChI is InChI=1S/C23H27FN4O3.C16H13ClN2O/c1-14-17(23(30)28-9-2-3-19(29)22(28)25-14)8-12-27-10-6-15(7-11-27)21-18-5-4-16(24)13-20(18)31-26-21;1-19-14-8-7-12(17)9-13(14)16(18-10-15(19)20)11-5-3-2-4-6-11/h4-5,13,15,19,29H,2-3,6-12H2,1H3;2-9H,10H2,1H3/t19-;/m1./s1. The van der Waals surface area contributed by atoms with Gasteiger partial charge in [0.15, 0.2) is 5.58 Å². The zero-order valence-electron chi connectivity index (χ0n) is 28.7. The van der Waals surface area contributed by atoms with Gasteiger partial charge in [-0.15, -0.1) is 0 Å². The Morgan fingerprint density at radius 1 is 1.00 bits per heavy atom. The minimum Gasteiger partial charge on any atom is -0.385 e. The number of likely N-dealkylation sites (N-methyl/N-ethyl adjacent to an activating group) is 1. The zero-order valence-corrected chi connectivity index (χ0v) is 29.4. The highest BCUT2D eigenvalue weighted by Gasteiger charge is 2.27. The molecule has 5 heterocycles. The van der Waals surface area contributed by atoms with Crippen LogP contribution in [0.1, 0.15) is 71.6 Å². The van der Waals surface area contributed by atoms with Crippen molar-refractivity contribution in [3.63, 3.8) is 0 Å². The van der Waals surface area contributed by atoms with Crippen molar-refractivity contribution in [1.29, 1.82) is 0 Å². The van der Waals surface area contributed by atoms with Gasteiger partial charge in [0.2, 0.25) is 5.91 Å². The van der Waals surface area contributed by atoms with Crippen molar-refractivity contribution in [1.82, 2.24) is 19.6 Å². The van der Waals surface area contributed by atoms with Gasteiger partial charge in [-0.3, -0.25) is 19.1 Å². The van der Waals surface area contributed by atoms with E-state index in [0.717, 1.165) is 83.8 Å². The van der Waals surface area contributed by atoms with Crippen LogP contribution in [0.4, 0.5) is 10.1 Å². The molecule has 3 aliphatic rings. The van der Waals surface area contributed by atoms with Crippen LogP contribution in [-0.4, -0.2) is 69.6 Å². The van der Waals surface area contributed by atoms with Gasteiger partial charge in [0.05, 0.1) is 17.1 Å². The Morgan fingerprint density at radius 3 is 2.57 bits per heavy atom. The van der Waals surface area contributed by atoms with Crippen molar-refractivity contribution in [3.05, 3.63) is 122 Å². The van der Waals surface area contributed by atoms with Crippen LogP contribution in [-0.2, 0) is 17.8 Å². The second-order valence-corrected chi connectivity index (χ2v) is 13.8. The molecule has 1 fully saturated rings. The van der Waals surface area contributed by atoms with E-state index < -0.39 is 6.10 Å². The molecule has 1 atom stereocenters. The zero-order chi connectivity index (χ0) is 35.6. The quantitative estimate of drug-likeness (QED) is 0.230. The molecule has 3 aromatic carbocycles. The number of carbonyl (C=O) groups excluding carboxylic acids is 1. The average Bonchev–Trinajstić information content (AvgIpc) is 3.51. The van der Waals surface area contributed by atoms with Crippen LogP contribution < -0.4 is 10.5 Å². The maximum atomic E-state index is 13.4.